The fourth-order valence-corrected chi connectivity index (χ4v) is 2.90. The molecule has 0 amide bonds. The first kappa shape index (κ1) is 11.8. The zero-order chi connectivity index (χ0) is 12.5. The first-order chi connectivity index (χ1) is 8.79. The molecule has 0 spiro atoms. The van der Waals surface area contributed by atoms with Crippen LogP contribution in [-0.4, -0.2) is 18.1 Å². The fourth-order valence-electron chi connectivity index (χ4n) is 2.66. The number of aromatic amines is 1. The molecule has 0 atom stereocenters. The lowest BCUT2D eigenvalue weighted by Crippen LogP contribution is -2.21. The van der Waals surface area contributed by atoms with Crippen molar-refractivity contribution in [2.24, 2.45) is 0 Å². The van der Waals surface area contributed by atoms with Crippen LogP contribution in [0.4, 0.5) is 0 Å². The number of hydrogen-bond acceptors (Lipinski definition) is 1. The van der Waals surface area contributed by atoms with Crippen molar-refractivity contribution in [3.63, 3.8) is 0 Å². The molecule has 2 N–H and O–H groups in total. The summed E-state index contributed by atoms with van der Waals surface area (Å²) in [5.41, 5.74) is 5.17. The number of aryl methyl sites for hydroxylation is 1. The lowest BCUT2D eigenvalue weighted by molar-refractivity contribution is 0.739. The van der Waals surface area contributed by atoms with E-state index in [1.807, 2.05) is 0 Å². The molecule has 2 nitrogen and oxygen atoms in total. The Morgan fingerprint density at radius 2 is 2.22 bits per heavy atom. The first-order valence-corrected chi connectivity index (χ1v) is 6.87. The van der Waals surface area contributed by atoms with Gasteiger partial charge in [0.15, 0.2) is 0 Å². The SMILES string of the molecule is CCc1cc(Cl)cc2c(C3=CCCNC3)c[nH]c12. The lowest BCUT2D eigenvalue weighted by Gasteiger charge is -2.13. The Balaban J connectivity index is 2.19. The van der Waals surface area contributed by atoms with E-state index in [-0.39, 0.29) is 0 Å². The summed E-state index contributed by atoms with van der Waals surface area (Å²) in [4.78, 5) is 3.40. The third kappa shape index (κ3) is 1.96. The lowest BCUT2D eigenvalue weighted by atomic mass is 10.00. The van der Waals surface area contributed by atoms with Crippen molar-refractivity contribution in [1.29, 1.82) is 0 Å². The van der Waals surface area contributed by atoms with Crippen LogP contribution in [0.3, 0.4) is 0 Å². The number of H-pyrrole nitrogens is 1. The van der Waals surface area contributed by atoms with Crippen LogP contribution in [0, 0.1) is 0 Å². The molecule has 94 valence electrons. The van der Waals surface area contributed by atoms with Crippen molar-refractivity contribution < 1.29 is 0 Å². The van der Waals surface area contributed by atoms with Gasteiger partial charge < -0.3 is 10.3 Å². The summed E-state index contributed by atoms with van der Waals surface area (Å²) in [5, 5.41) is 5.48. The molecule has 0 saturated carbocycles. The fraction of sp³-hybridized carbons (Fsp3) is 0.333. The second kappa shape index (κ2) is 4.79. The molecule has 18 heavy (non-hydrogen) atoms. The van der Waals surface area contributed by atoms with Crippen LogP contribution in [0.2, 0.25) is 5.02 Å². The summed E-state index contributed by atoms with van der Waals surface area (Å²) < 4.78 is 0. The van der Waals surface area contributed by atoms with Crippen LogP contribution in [0.5, 0.6) is 0 Å². The molecule has 2 aromatic rings. The van der Waals surface area contributed by atoms with Gasteiger partial charge >= 0.3 is 0 Å². The Labute approximate surface area is 112 Å². The minimum Gasteiger partial charge on any atom is -0.360 e. The van der Waals surface area contributed by atoms with E-state index in [0.717, 1.165) is 31.0 Å². The minimum atomic E-state index is 0.824. The van der Waals surface area contributed by atoms with Gasteiger partial charge in [0.05, 0.1) is 0 Å². The minimum absolute atomic E-state index is 0.824. The molecule has 1 aliphatic rings. The van der Waals surface area contributed by atoms with Crippen LogP contribution in [0.15, 0.2) is 24.4 Å². The smallest absolute Gasteiger partial charge is 0.0493 e. The van der Waals surface area contributed by atoms with Gasteiger partial charge in [0.25, 0.3) is 0 Å². The van der Waals surface area contributed by atoms with Gasteiger partial charge in [0.1, 0.15) is 0 Å². The van der Waals surface area contributed by atoms with E-state index in [1.165, 1.54) is 27.6 Å². The van der Waals surface area contributed by atoms with Crippen molar-refractivity contribution in [3.8, 4) is 0 Å². The topological polar surface area (TPSA) is 27.8 Å². The number of halogens is 1. The highest BCUT2D eigenvalue weighted by molar-refractivity contribution is 6.31. The quantitative estimate of drug-likeness (QED) is 0.845. The summed E-state index contributed by atoms with van der Waals surface area (Å²) in [6, 6.07) is 4.12. The molecular formula is C15H17ClN2. The van der Waals surface area contributed by atoms with E-state index in [2.05, 4.69) is 41.6 Å². The summed E-state index contributed by atoms with van der Waals surface area (Å²) in [5.74, 6) is 0. The second-order valence-electron chi connectivity index (χ2n) is 4.74. The number of aromatic nitrogens is 1. The Bertz CT molecular complexity index is 610. The second-order valence-corrected chi connectivity index (χ2v) is 5.17. The van der Waals surface area contributed by atoms with Crippen molar-refractivity contribution in [2.75, 3.05) is 13.1 Å². The highest BCUT2D eigenvalue weighted by Crippen LogP contribution is 2.31. The highest BCUT2D eigenvalue weighted by Gasteiger charge is 2.13. The summed E-state index contributed by atoms with van der Waals surface area (Å²) in [6.07, 6.45) is 6.53. The predicted octanol–water partition coefficient (Wildman–Crippen LogP) is 3.76. The van der Waals surface area contributed by atoms with Gasteiger partial charge in [-0.1, -0.05) is 24.6 Å². The van der Waals surface area contributed by atoms with Gasteiger partial charge in [-0.2, -0.15) is 0 Å². The van der Waals surface area contributed by atoms with E-state index in [9.17, 15) is 0 Å². The van der Waals surface area contributed by atoms with Crippen LogP contribution >= 0.6 is 11.6 Å². The van der Waals surface area contributed by atoms with Crippen LogP contribution in [-0.2, 0) is 6.42 Å². The molecule has 0 radical (unpaired) electrons. The third-order valence-corrected chi connectivity index (χ3v) is 3.81. The van der Waals surface area contributed by atoms with Gasteiger partial charge in [-0.25, -0.2) is 0 Å². The van der Waals surface area contributed by atoms with E-state index in [4.69, 9.17) is 11.6 Å². The van der Waals surface area contributed by atoms with Crippen molar-refractivity contribution >= 4 is 28.1 Å². The van der Waals surface area contributed by atoms with Gasteiger partial charge in [0.2, 0.25) is 0 Å². The number of nitrogens with one attached hydrogen (secondary N) is 2. The van der Waals surface area contributed by atoms with Gasteiger partial charge in [-0.3, -0.25) is 0 Å². The molecule has 0 aliphatic carbocycles. The van der Waals surface area contributed by atoms with Crippen molar-refractivity contribution in [1.82, 2.24) is 10.3 Å². The maximum absolute atomic E-state index is 6.22. The Morgan fingerprint density at radius 1 is 1.33 bits per heavy atom. The molecular weight excluding hydrogens is 244 g/mol. The molecule has 1 aromatic heterocycles. The molecule has 1 aliphatic heterocycles. The van der Waals surface area contributed by atoms with E-state index >= 15 is 0 Å². The Morgan fingerprint density at radius 3 is 2.94 bits per heavy atom. The standard InChI is InChI=1S/C15H17ClN2/c1-2-10-6-12(16)7-13-14(9-18-15(10)13)11-4-3-5-17-8-11/h4,6-7,9,17-18H,2-3,5,8H2,1H3. The first-order valence-electron chi connectivity index (χ1n) is 6.49. The van der Waals surface area contributed by atoms with Gasteiger partial charge in [-0.05, 0) is 42.7 Å². The van der Waals surface area contributed by atoms with Crippen molar-refractivity contribution in [2.45, 2.75) is 19.8 Å². The Kier molecular flexibility index (Phi) is 3.14. The van der Waals surface area contributed by atoms with E-state index in [0.29, 0.717) is 0 Å². The summed E-state index contributed by atoms with van der Waals surface area (Å²) in [6.45, 7) is 4.18. The number of benzene rings is 1. The third-order valence-electron chi connectivity index (χ3n) is 3.59. The average molecular weight is 261 g/mol. The van der Waals surface area contributed by atoms with Gasteiger partial charge in [0, 0.05) is 34.2 Å². The molecule has 3 rings (SSSR count). The van der Waals surface area contributed by atoms with E-state index < -0.39 is 0 Å². The highest BCUT2D eigenvalue weighted by atomic mass is 35.5. The predicted molar refractivity (Wildman–Crippen MR) is 78.2 cm³/mol. The normalized spacial score (nSPS) is 16.0. The van der Waals surface area contributed by atoms with Crippen LogP contribution in [0.25, 0.3) is 16.5 Å². The van der Waals surface area contributed by atoms with Gasteiger partial charge in [-0.15, -0.1) is 0 Å². The van der Waals surface area contributed by atoms with E-state index in [1.54, 1.807) is 0 Å². The maximum Gasteiger partial charge on any atom is 0.0493 e. The molecule has 0 unspecified atom stereocenters. The molecule has 2 heterocycles. The number of hydrogen-bond donors (Lipinski definition) is 2. The largest absolute Gasteiger partial charge is 0.360 e. The summed E-state index contributed by atoms with van der Waals surface area (Å²) >= 11 is 6.22. The number of fused-ring (bicyclic) bond motifs is 1. The molecule has 3 heteroatoms. The van der Waals surface area contributed by atoms with Crippen LogP contribution < -0.4 is 5.32 Å². The molecule has 0 saturated heterocycles. The Hall–Kier alpha value is -1.25. The molecule has 1 aromatic carbocycles. The molecule has 0 bridgehead atoms. The maximum atomic E-state index is 6.22. The molecule has 0 fully saturated rings. The zero-order valence-corrected chi connectivity index (χ0v) is 11.3. The summed E-state index contributed by atoms with van der Waals surface area (Å²) in [7, 11) is 0. The zero-order valence-electron chi connectivity index (χ0n) is 10.5. The van der Waals surface area contributed by atoms with Crippen molar-refractivity contribution in [3.05, 3.63) is 40.6 Å². The van der Waals surface area contributed by atoms with Crippen LogP contribution in [0.1, 0.15) is 24.5 Å². The number of rotatable bonds is 2. The average Bonchev–Trinajstić information content (AvgIpc) is 2.82. The monoisotopic (exact) mass is 260 g/mol.